The molecule has 0 atom stereocenters. The van der Waals surface area contributed by atoms with Crippen molar-refractivity contribution < 1.29 is 0 Å². The van der Waals surface area contributed by atoms with Crippen molar-refractivity contribution in [3.05, 3.63) is 11.1 Å². The molecule has 0 aliphatic carbocycles. The fourth-order valence-electron chi connectivity index (χ4n) is 0. The maximum Gasteiger partial charge on any atom is 0 e. The monoisotopic (exact) mass is 144 g/mol. The third-order valence-electron chi connectivity index (χ3n) is 0. The molecular formula is C3H5BrMg. The predicted molar refractivity (Wildman–Crippen MR) is 29.5 cm³/mol. The fraction of sp³-hybridized carbons (Fsp3) is 0.333. The summed E-state index contributed by atoms with van der Waals surface area (Å²) in [6.45, 7) is 5.36. The Bertz CT molecular complexity index is 29.9. The lowest BCUT2D eigenvalue weighted by Gasteiger charge is -1.61. The molecule has 0 aliphatic rings. The van der Waals surface area contributed by atoms with E-state index in [9.17, 15) is 0 Å². The highest BCUT2D eigenvalue weighted by atomic mass is 79.9. The van der Waals surface area contributed by atoms with Gasteiger partial charge in [0.25, 0.3) is 0 Å². The molecular weight excluding hydrogens is 140 g/mol. The van der Waals surface area contributed by atoms with E-state index in [-0.39, 0.29) is 23.1 Å². The smallest absolute Gasteiger partial charge is 0 e. The van der Waals surface area contributed by atoms with E-state index in [1.165, 1.54) is 0 Å². The minimum absolute atomic E-state index is 0. The van der Waals surface area contributed by atoms with Crippen LogP contribution in [0, 0.1) is 0 Å². The van der Waals surface area contributed by atoms with Crippen LogP contribution in [-0.4, -0.2) is 23.1 Å². The minimum Gasteiger partial charge on any atom is -0.0891 e. The quantitative estimate of drug-likeness (QED) is 0.454. The zero-order valence-electron chi connectivity index (χ0n) is 3.29. The first-order valence-corrected chi connectivity index (χ1v) is 1.84. The molecule has 0 aliphatic heterocycles. The van der Waals surface area contributed by atoms with Gasteiger partial charge < -0.3 is 0 Å². The Labute approximate surface area is 56.9 Å². The second-order valence-electron chi connectivity index (χ2n) is 0.676. The minimum atomic E-state index is 0. The summed E-state index contributed by atoms with van der Waals surface area (Å²) in [5, 5.41) is 0. The van der Waals surface area contributed by atoms with Gasteiger partial charge in [0.05, 0.1) is 0 Å². The Kier molecular flexibility index (Phi) is 9.34. The average Bonchev–Trinajstić information content (AvgIpc) is 0.811. The van der Waals surface area contributed by atoms with Crippen LogP contribution in [0.2, 0.25) is 0 Å². The van der Waals surface area contributed by atoms with Gasteiger partial charge in [-0.3, -0.25) is 0 Å². The first kappa shape index (κ1) is 9.37. The summed E-state index contributed by atoms with van der Waals surface area (Å²) in [7, 11) is 0. The molecule has 2 radical (unpaired) electrons. The van der Waals surface area contributed by atoms with Crippen LogP contribution < -0.4 is 0 Å². The third kappa shape index (κ3) is 45.7. The van der Waals surface area contributed by atoms with Gasteiger partial charge in [-0.15, -0.1) is 0 Å². The van der Waals surface area contributed by atoms with Crippen molar-refractivity contribution in [1.82, 2.24) is 0 Å². The van der Waals surface area contributed by atoms with Gasteiger partial charge in [0.15, 0.2) is 0 Å². The van der Waals surface area contributed by atoms with Crippen LogP contribution in [0.1, 0.15) is 6.92 Å². The highest BCUT2D eigenvalue weighted by Gasteiger charge is 1.55. The van der Waals surface area contributed by atoms with Crippen LogP contribution >= 0.6 is 15.9 Å². The molecule has 26 valence electrons. The zero-order valence-corrected chi connectivity index (χ0v) is 6.29. The second-order valence-corrected chi connectivity index (χ2v) is 2.03. The largest absolute Gasteiger partial charge is 0.0891 e. The lowest BCUT2D eigenvalue weighted by atomic mass is 10.8. The molecule has 0 aromatic rings. The summed E-state index contributed by atoms with van der Waals surface area (Å²) in [5.74, 6) is 0. The standard InChI is InChI=1S/C3H5Br.Mg/c1-3(2)4;/h1H2,2H3;. The van der Waals surface area contributed by atoms with Crippen LogP contribution in [-0.2, 0) is 0 Å². The molecule has 0 heterocycles. The molecule has 0 unspecified atom stereocenters. The van der Waals surface area contributed by atoms with E-state index in [1.54, 1.807) is 0 Å². The number of rotatable bonds is 0. The first-order valence-electron chi connectivity index (χ1n) is 1.04. The molecule has 0 saturated carbocycles. The maximum atomic E-state index is 3.47. The van der Waals surface area contributed by atoms with Crippen molar-refractivity contribution in [2.75, 3.05) is 0 Å². The van der Waals surface area contributed by atoms with Crippen molar-refractivity contribution in [3.8, 4) is 0 Å². The van der Waals surface area contributed by atoms with E-state index >= 15 is 0 Å². The number of allylic oxidation sites excluding steroid dienone is 1. The van der Waals surface area contributed by atoms with E-state index in [1.807, 2.05) is 6.92 Å². The van der Waals surface area contributed by atoms with Gasteiger partial charge in [0.1, 0.15) is 0 Å². The van der Waals surface area contributed by atoms with Gasteiger partial charge in [-0.25, -0.2) is 0 Å². The molecule has 0 aromatic carbocycles. The number of halogens is 1. The number of hydrogen-bond acceptors (Lipinski definition) is 0. The lowest BCUT2D eigenvalue weighted by Crippen LogP contribution is -1.32. The highest BCUT2D eigenvalue weighted by Crippen LogP contribution is 1.93. The molecule has 0 rings (SSSR count). The number of hydrogen-bond donors (Lipinski definition) is 0. The maximum absolute atomic E-state index is 3.47. The normalized spacial score (nSPS) is 5.20. The molecule has 5 heavy (non-hydrogen) atoms. The fourth-order valence-corrected chi connectivity index (χ4v) is 0. The molecule has 0 fully saturated rings. The summed E-state index contributed by atoms with van der Waals surface area (Å²) in [5.41, 5.74) is 0. The Morgan fingerprint density at radius 2 is 1.80 bits per heavy atom. The average molecular weight is 145 g/mol. The van der Waals surface area contributed by atoms with Crippen molar-refractivity contribution in [2.45, 2.75) is 6.92 Å². The van der Waals surface area contributed by atoms with Gasteiger partial charge in [-0.05, 0) is 11.4 Å². The van der Waals surface area contributed by atoms with E-state index in [0.29, 0.717) is 0 Å². The van der Waals surface area contributed by atoms with Gasteiger partial charge in [-0.1, -0.05) is 22.5 Å². The molecule has 0 bridgehead atoms. The van der Waals surface area contributed by atoms with Crippen molar-refractivity contribution in [2.24, 2.45) is 0 Å². The van der Waals surface area contributed by atoms with Crippen molar-refractivity contribution >= 4 is 39.0 Å². The van der Waals surface area contributed by atoms with E-state index in [0.717, 1.165) is 4.48 Å². The van der Waals surface area contributed by atoms with Crippen LogP contribution in [0.4, 0.5) is 0 Å². The molecule has 0 saturated heterocycles. The predicted octanol–water partition coefficient (Wildman–Crippen LogP) is 1.53. The van der Waals surface area contributed by atoms with Crippen LogP contribution in [0.5, 0.6) is 0 Å². The molecule has 0 N–H and O–H groups in total. The Hall–Kier alpha value is 0.986. The summed E-state index contributed by atoms with van der Waals surface area (Å²) < 4.78 is 0.979. The van der Waals surface area contributed by atoms with Gasteiger partial charge in [0.2, 0.25) is 0 Å². The van der Waals surface area contributed by atoms with E-state index in [4.69, 9.17) is 0 Å². The van der Waals surface area contributed by atoms with Gasteiger partial charge >= 0.3 is 0 Å². The third-order valence-corrected chi connectivity index (χ3v) is 0. The first-order chi connectivity index (χ1) is 1.73. The van der Waals surface area contributed by atoms with Crippen molar-refractivity contribution in [1.29, 1.82) is 0 Å². The Morgan fingerprint density at radius 3 is 1.80 bits per heavy atom. The Balaban J connectivity index is 0. The highest BCUT2D eigenvalue weighted by molar-refractivity contribution is 9.11. The van der Waals surface area contributed by atoms with Gasteiger partial charge in [-0.2, -0.15) is 0 Å². The van der Waals surface area contributed by atoms with E-state index in [2.05, 4.69) is 22.5 Å². The van der Waals surface area contributed by atoms with Crippen LogP contribution in [0.15, 0.2) is 11.1 Å². The zero-order chi connectivity index (χ0) is 3.58. The molecule has 0 spiro atoms. The summed E-state index contributed by atoms with van der Waals surface area (Å²) in [6.07, 6.45) is 0. The van der Waals surface area contributed by atoms with Crippen LogP contribution in [0.3, 0.4) is 0 Å². The topological polar surface area (TPSA) is 0 Å². The van der Waals surface area contributed by atoms with Gasteiger partial charge in [0, 0.05) is 23.1 Å². The molecule has 2 heteroatoms. The summed E-state index contributed by atoms with van der Waals surface area (Å²) in [6, 6.07) is 0. The van der Waals surface area contributed by atoms with Crippen molar-refractivity contribution in [3.63, 3.8) is 0 Å². The van der Waals surface area contributed by atoms with E-state index < -0.39 is 0 Å². The van der Waals surface area contributed by atoms with Crippen LogP contribution in [0.25, 0.3) is 0 Å². The Morgan fingerprint density at radius 1 is 1.80 bits per heavy atom. The molecule has 0 aromatic heterocycles. The lowest BCUT2D eigenvalue weighted by molar-refractivity contribution is 1.75. The summed E-state index contributed by atoms with van der Waals surface area (Å²) in [4.78, 5) is 0. The summed E-state index contributed by atoms with van der Waals surface area (Å²) >= 11 is 3.08. The molecule has 0 nitrogen and oxygen atoms in total. The SMILES string of the molecule is C=C(C)Br.[Mg]. The molecule has 0 amide bonds. The second kappa shape index (κ2) is 4.99.